The Labute approximate surface area is 103 Å². The molecular weight excluding hydrogens is 242 g/mol. The minimum Gasteiger partial charge on any atom is -0.359 e. The quantitative estimate of drug-likeness (QED) is 0.812. The molecule has 0 bridgehead atoms. The van der Waals surface area contributed by atoms with Crippen LogP contribution in [-0.2, 0) is 9.47 Å². The van der Waals surface area contributed by atoms with E-state index in [1.165, 1.54) is 18.2 Å². The van der Waals surface area contributed by atoms with Crippen molar-refractivity contribution in [1.82, 2.24) is 0 Å². The molecule has 0 saturated carbocycles. The molecule has 1 heterocycles. The van der Waals surface area contributed by atoms with Crippen LogP contribution in [0.15, 0.2) is 30.2 Å². The zero-order valence-electron chi connectivity index (χ0n) is 9.45. The largest absolute Gasteiger partial charge is 0.359 e. The molecule has 0 atom stereocenters. The lowest BCUT2D eigenvalue weighted by atomic mass is 10.1. The monoisotopic (exact) mass is 254 g/mol. The molecule has 0 unspecified atom stereocenters. The van der Waals surface area contributed by atoms with Gasteiger partial charge in [-0.05, 0) is 18.2 Å². The second-order valence-corrected chi connectivity index (χ2v) is 3.62. The number of rotatable bonds is 4. The van der Waals surface area contributed by atoms with Gasteiger partial charge in [0.15, 0.2) is 12.1 Å². The highest BCUT2D eigenvalue weighted by Crippen LogP contribution is 2.30. The van der Waals surface area contributed by atoms with Crippen LogP contribution in [0.3, 0.4) is 0 Å². The molecule has 4 nitrogen and oxygen atoms in total. The van der Waals surface area contributed by atoms with E-state index < -0.39 is 17.9 Å². The van der Waals surface area contributed by atoms with E-state index >= 15 is 0 Å². The van der Waals surface area contributed by atoms with E-state index in [2.05, 4.69) is 5.32 Å². The van der Waals surface area contributed by atoms with Gasteiger partial charge in [-0.2, -0.15) is 0 Å². The first-order valence-corrected chi connectivity index (χ1v) is 5.36. The van der Waals surface area contributed by atoms with E-state index in [0.29, 0.717) is 30.7 Å². The van der Waals surface area contributed by atoms with E-state index in [-0.39, 0.29) is 0 Å². The standard InChI is InChI=1S/C12H12F2N2O2/c13-8-1-2-11(16-7-9(14)6-15)10(5-8)12-17-3-4-18-12/h1-2,5-7,12,15-16H,3-4H2/b9-7+,15-6?. The van der Waals surface area contributed by atoms with Crippen molar-refractivity contribution in [3.63, 3.8) is 0 Å². The van der Waals surface area contributed by atoms with Crippen molar-refractivity contribution in [2.45, 2.75) is 6.29 Å². The molecule has 0 spiro atoms. The molecule has 1 fully saturated rings. The van der Waals surface area contributed by atoms with Crippen LogP contribution in [0, 0.1) is 11.2 Å². The first-order chi connectivity index (χ1) is 8.70. The summed E-state index contributed by atoms with van der Waals surface area (Å²) in [4.78, 5) is 0. The summed E-state index contributed by atoms with van der Waals surface area (Å²) in [6.45, 7) is 0.872. The Bertz CT molecular complexity index is 471. The lowest BCUT2D eigenvalue weighted by Crippen LogP contribution is -2.04. The average Bonchev–Trinajstić information content (AvgIpc) is 2.90. The van der Waals surface area contributed by atoms with E-state index in [0.717, 1.165) is 6.20 Å². The van der Waals surface area contributed by atoms with Crippen molar-refractivity contribution in [3.05, 3.63) is 41.6 Å². The smallest absolute Gasteiger partial charge is 0.186 e. The second-order valence-electron chi connectivity index (χ2n) is 3.62. The highest BCUT2D eigenvalue weighted by atomic mass is 19.1. The van der Waals surface area contributed by atoms with Gasteiger partial charge >= 0.3 is 0 Å². The van der Waals surface area contributed by atoms with Gasteiger partial charge in [0.05, 0.1) is 19.4 Å². The molecule has 2 rings (SSSR count). The molecule has 1 saturated heterocycles. The van der Waals surface area contributed by atoms with Crippen LogP contribution < -0.4 is 5.32 Å². The molecule has 1 aliphatic rings. The fraction of sp³-hybridized carbons (Fsp3) is 0.250. The lowest BCUT2D eigenvalue weighted by molar-refractivity contribution is -0.0437. The van der Waals surface area contributed by atoms with Crippen LogP contribution >= 0.6 is 0 Å². The minimum absolute atomic E-state index is 0.425. The van der Waals surface area contributed by atoms with Crippen LogP contribution in [0.25, 0.3) is 0 Å². The van der Waals surface area contributed by atoms with Gasteiger partial charge < -0.3 is 20.2 Å². The Hall–Kier alpha value is -1.79. The third-order valence-electron chi connectivity index (χ3n) is 2.39. The molecule has 96 valence electrons. The fourth-order valence-electron chi connectivity index (χ4n) is 1.59. The Balaban J connectivity index is 2.25. The zero-order chi connectivity index (χ0) is 13.0. The van der Waals surface area contributed by atoms with Crippen molar-refractivity contribution < 1.29 is 18.3 Å². The number of anilines is 1. The summed E-state index contributed by atoms with van der Waals surface area (Å²) in [6, 6.07) is 3.98. The SMILES string of the molecule is N=C/C(F)=C\Nc1ccc(F)cc1C1OCCO1. The van der Waals surface area contributed by atoms with Crippen LogP contribution in [0.5, 0.6) is 0 Å². The molecule has 0 radical (unpaired) electrons. The molecule has 2 N–H and O–H groups in total. The van der Waals surface area contributed by atoms with Gasteiger partial charge in [0.2, 0.25) is 0 Å². The van der Waals surface area contributed by atoms with Crippen molar-refractivity contribution in [1.29, 1.82) is 5.41 Å². The summed E-state index contributed by atoms with van der Waals surface area (Å²) in [6.07, 6.45) is 0.928. The second kappa shape index (κ2) is 5.70. The molecule has 6 heteroatoms. The topological polar surface area (TPSA) is 54.3 Å². The Morgan fingerprint density at radius 2 is 2.11 bits per heavy atom. The van der Waals surface area contributed by atoms with Gasteiger partial charge in [0.25, 0.3) is 0 Å². The number of benzene rings is 1. The lowest BCUT2D eigenvalue weighted by Gasteiger charge is -2.14. The molecule has 1 aromatic rings. The number of nitrogens with one attached hydrogen (secondary N) is 2. The summed E-state index contributed by atoms with van der Waals surface area (Å²) in [5.41, 5.74) is 0.932. The Morgan fingerprint density at radius 1 is 1.39 bits per heavy atom. The summed E-state index contributed by atoms with van der Waals surface area (Å²) in [5.74, 6) is -1.16. The van der Waals surface area contributed by atoms with E-state index in [1.54, 1.807) is 0 Å². The van der Waals surface area contributed by atoms with Gasteiger partial charge in [-0.25, -0.2) is 8.78 Å². The predicted octanol–water partition coefficient (Wildman–Crippen LogP) is 2.74. The molecule has 0 aromatic heterocycles. The summed E-state index contributed by atoms with van der Waals surface area (Å²) >= 11 is 0. The first-order valence-electron chi connectivity index (χ1n) is 5.36. The predicted molar refractivity (Wildman–Crippen MR) is 62.6 cm³/mol. The van der Waals surface area contributed by atoms with Gasteiger partial charge in [0.1, 0.15) is 5.82 Å². The van der Waals surface area contributed by atoms with Gasteiger partial charge in [-0.3, -0.25) is 0 Å². The Kier molecular flexibility index (Phi) is 4.01. The van der Waals surface area contributed by atoms with Gasteiger partial charge in [-0.1, -0.05) is 0 Å². The fourth-order valence-corrected chi connectivity index (χ4v) is 1.59. The number of allylic oxidation sites excluding steroid dienone is 1. The highest BCUT2D eigenvalue weighted by molar-refractivity contribution is 5.73. The molecule has 1 aromatic carbocycles. The van der Waals surface area contributed by atoms with Crippen LogP contribution in [0.4, 0.5) is 14.5 Å². The summed E-state index contributed by atoms with van der Waals surface area (Å²) in [7, 11) is 0. The third-order valence-corrected chi connectivity index (χ3v) is 2.39. The normalized spacial score (nSPS) is 16.9. The summed E-state index contributed by atoms with van der Waals surface area (Å²) in [5, 5.41) is 9.36. The first kappa shape index (κ1) is 12.7. The maximum absolute atomic E-state index is 13.2. The number of hydrogen-bond acceptors (Lipinski definition) is 4. The van der Waals surface area contributed by atoms with Gasteiger partial charge in [0, 0.05) is 17.5 Å². The van der Waals surface area contributed by atoms with Crippen molar-refractivity contribution >= 4 is 11.9 Å². The van der Waals surface area contributed by atoms with Crippen LogP contribution in [-0.4, -0.2) is 19.4 Å². The Morgan fingerprint density at radius 3 is 2.78 bits per heavy atom. The molecular formula is C12H12F2N2O2. The number of halogens is 2. The molecule has 18 heavy (non-hydrogen) atoms. The maximum Gasteiger partial charge on any atom is 0.186 e. The number of ether oxygens (including phenoxy) is 2. The van der Waals surface area contributed by atoms with Crippen molar-refractivity contribution in [3.8, 4) is 0 Å². The zero-order valence-corrected chi connectivity index (χ0v) is 9.45. The summed E-state index contributed by atoms with van der Waals surface area (Å²) < 4.78 is 36.6. The molecule has 1 aliphatic heterocycles. The minimum atomic E-state index is -0.737. The third kappa shape index (κ3) is 2.91. The van der Waals surface area contributed by atoms with E-state index in [1.807, 2.05) is 0 Å². The average molecular weight is 254 g/mol. The maximum atomic E-state index is 13.2. The van der Waals surface area contributed by atoms with E-state index in [9.17, 15) is 8.78 Å². The molecule has 0 amide bonds. The number of hydrogen-bond donors (Lipinski definition) is 2. The van der Waals surface area contributed by atoms with Gasteiger partial charge in [-0.15, -0.1) is 0 Å². The highest BCUT2D eigenvalue weighted by Gasteiger charge is 2.21. The van der Waals surface area contributed by atoms with Crippen molar-refractivity contribution in [2.24, 2.45) is 0 Å². The molecule has 0 aliphatic carbocycles. The van der Waals surface area contributed by atoms with Crippen LogP contribution in [0.2, 0.25) is 0 Å². The van der Waals surface area contributed by atoms with Crippen molar-refractivity contribution in [2.75, 3.05) is 18.5 Å². The van der Waals surface area contributed by atoms with Crippen LogP contribution in [0.1, 0.15) is 11.9 Å². The van der Waals surface area contributed by atoms with E-state index in [4.69, 9.17) is 14.9 Å².